The Morgan fingerprint density at radius 1 is 1.35 bits per heavy atom. The third-order valence-corrected chi connectivity index (χ3v) is 5.72. The molecule has 1 aliphatic carbocycles. The van der Waals surface area contributed by atoms with Crippen LogP contribution in [0.3, 0.4) is 0 Å². The first-order valence-corrected chi connectivity index (χ1v) is 10.1. The molecule has 0 aromatic heterocycles. The van der Waals surface area contributed by atoms with E-state index in [0.29, 0.717) is 22.1 Å². The van der Waals surface area contributed by atoms with E-state index in [2.05, 4.69) is 5.32 Å². The largest absolute Gasteiger partial charge is 0.497 e. The zero-order valence-electron chi connectivity index (χ0n) is 14.6. The normalized spacial score (nSPS) is 16.0. The third-order valence-electron chi connectivity index (χ3n) is 4.51. The number of hydrogen-bond donors (Lipinski definition) is 1. The number of carbonyl (C=O) groups excluding carboxylic acids is 1. The zero-order valence-corrected chi connectivity index (χ0v) is 16.1. The average Bonchev–Trinajstić information content (AvgIpc) is 2.63. The van der Waals surface area contributed by atoms with Crippen LogP contribution in [0.15, 0.2) is 36.4 Å². The number of hydrogen-bond acceptors (Lipinski definition) is 3. The Kier molecular flexibility index (Phi) is 6.43. The molecule has 1 atom stereocenters. The Hall–Kier alpha value is -1.72. The van der Waals surface area contributed by atoms with Crippen molar-refractivity contribution in [1.29, 1.82) is 0 Å². The van der Waals surface area contributed by atoms with Crippen LogP contribution in [0.2, 0.25) is 5.02 Å². The molecule has 0 saturated heterocycles. The van der Waals surface area contributed by atoms with Gasteiger partial charge in [-0.1, -0.05) is 23.7 Å². The van der Waals surface area contributed by atoms with Gasteiger partial charge in [-0.15, -0.1) is 11.8 Å². The van der Waals surface area contributed by atoms with Crippen molar-refractivity contribution >= 4 is 29.3 Å². The first-order valence-electron chi connectivity index (χ1n) is 8.54. The third kappa shape index (κ3) is 4.71. The molecule has 0 saturated carbocycles. The molecule has 26 heavy (non-hydrogen) atoms. The number of benzene rings is 2. The molecule has 1 amide bonds. The van der Waals surface area contributed by atoms with Gasteiger partial charge in [0.2, 0.25) is 5.91 Å². The summed E-state index contributed by atoms with van der Waals surface area (Å²) in [5.41, 5.74) is 2.96. The molecule has 0 radical (unpaired) electrons. The van der Waals surface area contributed by atoms with Crippen LogP contribution in [0.5, 0.6) is 5.75 Å². The van der Waals surface area contributed by atoms with Gasteiger partial charge in [0, 0.05) is 10.8 Å². The molecular formula is C20H21ClFNO2S. The monoisotopic (exact) mass is 393 g/mol. The van der Waals surface area contributed by atoms with Gasteiger partial charge >= 0.3 is 0 Å². The van der Waals surface area contributed by atoms with E-state index >= 15 is 0 Å². The van der Waals surface area contributed by atoms with Crippen LogP contribution in [-0.2, 0) is 17.0 Å². The van der Waals surface area contributed by atoms with Crippen molar-refractivity contribution < 1.29 is 13.9 Å². The molecule has 0 aliphatic heterocycles. The van der Waals surface area contributed by atoms with E-state index in [1.807, 2.05) is 18.2 Å². The number of nitrogens with one attached hydrogen (secondary N) is 1. The van der Waals surface area contributed by atoms with Crippen molar-refractivity contribution in [1.82, 2.24) is 5.32 Å². The fourth-order valence-corrected chi connectivity index (χ4v) is 4.18. The van der Waals surface area contributed by atoms with Gasteiger partial charge in [-0.05, 0) is 60.2 Å². The lowest BCUT2D eigenvalue weighted by molar-refractivity contribution is -0.119. The lowest BCUT2D eigenvalue weighted by Gasteiger charge is -2.26. The highest BCUT2D eigenvalue weighted by atomic mass is 35.5. The van der Waals surface area contributed by atoms with Gasteiger partial charge in [0.1, 0.15) is 11.6 Å². The molecule has 0 fully saturated rings. The Bertz CT molecular complexity index is 799. The highest BCUT2D eigenvalue weighted by Crippen LogP contribution is 2.32. The van der Waals surface area contributed by atoms with E-state index in [1.165, 1.54) is 29.0 Å². The molecule has 1 aliphatic rings. The Morgan fingerprint density at radius 3 is 2.96 bits per heavy atom. The lowest BCUT2D eigenvalue weighted by atomic mass is 9.87. The van der Waals surface area contributed by atoms with E-state index in [9.17, 15) is 9.18 Å². The van der Waals surface area contributed by atoms with Crippen molar-refractivity contribution in [3.63, 3.8) is 0 Å². The number of thioether (sulfide) groups is 1. The first-order chi connectivity index (χ1) is 12.6. The van der Waals surface area contributed by atoms with Crippen LogP contribution in [0.1, 0.15) is 35.6 Å². The number of fused-ring (bicyclic) bond motifs is 1. The van der Waals surface area contributed by atoms with Crippen LogP contribution >= 0.6 is 23.4 Å². The number of methoxy groups -OCH3 is 1. The molecule has 0 bridgehead atoms. The molecule has 2 aromatic carbocycles. The summed E-state index contributed by atoms with van der Waals surface area (Å²) < 4.78 is 19.0. The van der Waals surface area contributed by atoms with E-state index in [-0.39, 0.29) is 17.8 Å². The minimum atomic E-state index is -0.333. The molecule has 0 heterocycles. The van der Waals surface area contributed by atoms with Gasteiger partial charge in [0.15, 0.2) is 0 Å². The second-order valence-electron chi connectivity index (χ2n) is 6.31. The van der Waals surface area contributed by atoms with Gasteiger partial charge in [-0.25, -0.2) is 4.39 Å². The maximum Gasteiger partial charge on any atom is 0.230 e. The van der Waals surface area contributed by atoms with Gasteiger partial charge in [-0.2, -0.15) is 0 Å². The van der Waals surface area contributed by atoms with E-state index < -0.39 is 0 Å². The summed E-state index contributed by atoms with van der Waals surface area (Å²) in [7, 11) is 1.66. The first kappa shape index (κ1) is 19.1. The fourth-order valence-electron chi connectivity index (χ4n) is 3.20. The smallest absolute Gasteiger partial charge is 0.230 e. The predicted molar refractivity (Wildman–Crippen MR) is 104 cm³/mol. The average molecular weight is 394 g/mol. The number of amides is 1. The SMILES string of the molecule is COc1ccc2c(c1)CCC[C@@H]2NC(=O)CSCc1ccc(Cl)cc1F. The lowest BCUT2D eigenvalue weighted by Crippen LogP contribution is -2.32. The summed E-state index contributed by atoms with van der Waals surface area (Å²) in [4.78, 5) is 12.3. The van der Waals surface area contributed by atoms with Crippen molar-refractivity contribution in [3.8, 4) is 5.75 Å². The molecule has 6 heteroatoms. The minimum Gasteiger partial charge on any atom is -0.497 e. The maximum atomic E-state index is 13.8. The molecule has 3 rings (SSSR count). The molecule has 0 unspecified atom stereocenters. The molecular weight excluding hydrogens is 373 g/mol. The molecule has 0 spiro atoms. The molecule has 2 aromatic rings. The standard InChI is InChI=1S/C20H21ClFNO2S/c1-25-16-7-8-17-13(9-16)3-2-4-19(17)23-20(24)12-26-11-14-5-6-15(21)10-18(14)22/h5-10,19H,2-4,11-12H2,1H3,(H,23,24)/t19-/m0/s1. The molecule has 1 N–H and O–H groups in total. The second kappa shape index (κ2) is 8.78. The van der Waals surface area contributed by atoms with Crippen molar-refractivity contribution in [2.24, 2.45) is 0 Å². The number of ether oxygens (including phenoxy) is 1. The number of halogens is 2. The summed E-state index contributed by atoms with van der Waals surface area (Å²) in [5, 5.41) is 3.48. The van der Waals surface area contributed by atoms with E-state index in [0.717, 1.165) is 25.0 Å². The van der Waals surface area contributed by atoms with Crippen molar-refractivity contribution in [2.45, 2.75) is 31.1 Å². The van der Waals surface area contributed by atoms with Gasteiger partial charge < -0.3 is 10.1 Å². The van der Waals surface area contributed by atoms with Gasteiger partial charge in [-0.3, -0.25) is 4.79 Å². The maximum absolute atomic E-state index is 13.8. The fraction of sp³-hybridized carbons (Fsp3) is 0.350. The highest BCUT2D eigenvalue weighted by molar-refractivity contribution is 7.99. The van der Waals surface area contributed by atoms with Gasteiger partial charge in [0.25, 0.3) is 0 Å². The number of aryl methyl sites for hydroxylation is 1. The van der Waals surface area contributed by atoms with Crippen molar-refractivity contribution in [2.75, 3.05) is 12.9 Å². The van der Waals surface area contributed by atoms with Crippen LogP contribution in [0.25, 0.3) is 0 Å². The summed E-state index contributed by atoms with van der Waals surface area (Å²) in [6.07, 6.45) is 2.97. The second-order valence-corrected chi connectivity index (χ2v) is 7.73. The quantitative estimate of drug-likeness (QED) is 0.757. The number of rotatable bonds is 6. The van der Waals surface area contributed by atoms with Crippen LogP contribution in [0, 0.1) is 5.82 Å². The summed E-state index contributed by atoms with van der Waals surface area (Å²) in [5.74, 6) is 1.22. The Balaban J connectivity index is 1.54. The Morgan fingerprint density at radius 2 is 2.19 bits per heavy atom. The van der Waals surface area contributed by atoms with E-state index in [4.69, 9.17) is 16.3 Å². The van der Waals surface area contributed by atoms with Crippen molar-refractivity contribution in [3.05, 3.63) is 63.9 Å². The summed E-state index contributed by atoms with van der Waals surface area (Å²) >= 11 is 7.15. The topological polar surface area (TPSA) is 38.3 Å². The predicted octanol–water partition coefficient (Wildman–Crippen LogP) is 4.91. The van der Waals surface area contributed by atoms with E-state index in [1.54, 1.807) is 19.2 Å². The summed E-state index contributed by atoms with van der Waals surface area (Å²) in [6.45, 7) is 0. The van der Waals surface area contributed by atoms with Gasteiger partial charge in [0.05, 0.1) is 18.9 Å². The van der Waals surface area contributed by atoms with Crippen LogP contribution in [0.4, 0.5) is 4.39 Å². The summed E-state index contributed by atoms with van der Waals surface area (Å²) in [6, 6.07) is 10.7. The Labute approximate surface area is 162 Å². The van der Waals surface area contributed by atoms with Crippen LogP contribution in [-0.4, -0.2) is 18.8 Å². The highest BCUT2D eigenvalue weighted by Gasteiger charge is 2.22. The molecule has 138 valence electrons. The number of carbonyl (C=O) groups is 1. The van der Waals surface area contributed by atoms with Crippen LogP contribution < -0.4 is 10.1 Å². The zero-order chi connectivity index (χ0) is 18.5. The minimum absolute atomic E-state index is 0.0296. The molecule has 3 nitrogen and oxygen atoms in total.